The summed E-state index contributed by atoms with van der Waals surface area (Å²) in [6, 6.07) is 2.42. The quantitative estimate of drug-likeness (QED) is 0.650. The molecule has 5 atom stereocenters. The lowest BCUT2D eigenvalue weighted by Crippen LogP contribution is -2.52. The minimum atomic E-state index is -1.02. The maximum absolute atomic E-state index is 13.2. The predicted molar refractivity (Wildman–Crippen MR) is 96.4 cm³/mol. The molecule has 1 aromatic heterocycles. The van der Waals surface area contributed by atoms with Gasteiger partial charge in [-0.3, -0.25) is 4.79 Å². The van der Waals surface area contributed by atoms with Gasteiger partial charge in [0.15, 0.2) is 17.3 Å². The first-order chi connectivity index (χ1) is 14.0. The minimum absolute atomic E-state index is 0.0654. The summed E-state index contributed by atoms with van der Waals surface area (Å²) in [5.41, 5.74) is -0.578. The number of aliphatic hydroxyl groups excluding tert-OH is 1. The van der Waals surface area contributed by atoms with Crippen LogP contribution in [0.5, 0.6) is 11.5 Å². The molecule has 1 aliphatic carbocycles. The number of benzene rings is 1. The van der Waals surface area contributed by atoms with Crippen LogP contribution >= 0.6 is 11.6 Å². The molecule has 1 aromatic carbocycles. The molecule has 4 heterocycles. The fourth-order valence-electron chi connectivity index (χ4n) is 4.73. The Kier molecular flexibility index (Phi) is 3.43. The average Bonchev–Trinajstić information content (AvgIpc) is 3.34. The van der Waals surface area contributed by atoms with E-state index < -0.39 is 41.7 Å². The third-order valence-corrected chi connectivity index (χ3v) is 6.57. The van der Waals surface area contributed by atoms with E-state index in [1.54, 1.807) is 12.1 Å². The Bertz CT molecular complexity index is 1180. The summed E-state index contributed by atoms with van der Waals surface area (Å²) in [4.78, 5) is 38.6. The van der Waals surface area contributed by atoms with Gasteiger partial charge in [-0.2, -0.15) is 0 Å². The largest absolute Gasteiger partial charge is 0.454 e. The number of epoxide rings is 1. The highest BCUT2D eigenvalue weighted by Crippen LogP contribution is 2.45. The molecule has 0 radical (unpaired) electrons. The van der Waals surface area contributed by atoms with Crippen molar-refractivity contribution in [3.05, 3.63) is 43.7 Å². The van der Waals surface area contributed by atoms with Gasteiger partial charge in [0.2, 0.25) is 6.79 Å². The van der Waals surface area contributed by atoms with Gasteiger partial charge in [0.1, 0.15) is 18.3 Å². The number of Topliss-reactive ketones (excluding diaryl/α,β-unsaturated/α-hetero) is 1. The maximum atomic E-state index is 13.2. The average molecular weight is 422 g/mol. The fraction of sp³-hybridized carbons (Fsp3) is 0.500. The van der Waals surface area contributed by atoms with Gasteiger partial charge in [-0.1, -0.05) is 11.6 Å². The number of rotatable bonds is 2. The number of fused-ring (bicyclic) bond motifs is 5. The van der Waals surface area contributed by atoms with Crippen molar-refractivity contribution >= 4 is 17.4 Å². The molecule has 10 nitrogen and oxygen atoms in total. The van der Waals surface area contributed by atoms with E-state index in [-0.39, 0.29) is 25.7 Å². The Balaban J connectivity index is 1.44. The van der Waals surface area contributed by atoms with Crippen LogP contribution < -0.4 is 20.9 Å². The van der Waals surface area contributed by atoms with Gasteiger partial charge in [-0.25, -0.2) is 23.5 Å². The molecule has 1 N–H and O–H groups in total. The maximum Gasteiger partial charge on any atom is 0.347 e. The van der Waals surface area contributed by atoms with Gasteiger partial charge < -0.3 is 19.3 Å². The lowest BCUT2D eigenvalue weighted by atomic mass is 9.79. The number of hydrogen-bond donors (Lipinski definition) is 1. The molecule has 29 heavy (non-hydrogen) atoms. The lowest BCUT2D eigenvalue weighted by Gasteiger charge is -2.36. The number of hydrogen-bond acceptors (Lipinski definition) is 7. The van der Waals surface area contributed by atoms with Crippen LogP contribution in [0.3, 0.4) is 0 Å². The zero-order valence-electron chi connectivity index (χ0n) is 15.0. The van der Waals surface area contributed by atoms with Crippen molar-refractivity contribution in [2.24, 2.45) is 5.92 Å². The topological polar surface area (TPSA) is 117 Å². The number of aliphatic hydroxyl groups is 1. The van der Waals surface area contributed by atoms with Crippen molar-refractivity contribution in [1.29, 1.82) is 0 Å². The number of aromatic nitrogens is 3. The summed E-state index contributed by atoms with van der Waals surface area (Å²) in [5, 5.41) is 11.0. The number of halogens is 1. The third-order valence-electron chi connectivity index (χ3n) is 6.21. The van der Waals surface area contributed by atoms with Gasteiger partial charge in [-0.15, -0.1) is 0 Å². The molecule has 11 heteroatoms. The number of ether oxygens (including phenoxy) is 3. The molecule has 1 saturated heterocycles. The Morgan fingerprint density at radius 1 is 1.14 bits per heavy atom. The molecule has 152 valence electrons. The van der Waals surface area contributed by atoms with Crippen molar-refractivity contribution in [1.82, 2.24) is 13.9 Å². The van der Waals surface area contributed by atoms with E-state index in [9.17, 15) is 19.5 Å². The Labute approximate surface area is 167 Å². The smallest absolute Gasteiger partial charge is 0.347 e. The molecule has 0 bridgehead atoms. The van der Waals surface area contributed by atoms with Crippen LogP contribution in [-0.2, 0) is 22.6 Å². The number of carbonyl (C=O) groups excluding carboxylic acids is 1. The molecular weight excluding hydrogens is 406 g/mol. The number of nitrogens with zero attached hydrogens (tertiary/aromatic N) is 3. The second-order valence-corrected chi connectivity index (χ2v) is 8.12. The van der Waals surface area contributed by atoms with E-state index in [0.29, 0.717) is 28.5 Å². The normalized spacial score (nSPS) is 31.2. The Morgan fingerprint density at radius 2 is 1.90 bits per heavy atom. The highest BCUT2D eigenvalue weighted by Gasteiger charge is 2.62. The van der Waals surface area contributed by atoms with Gasteiger partial charge in [0.25, 0.3) is 0 Å². The van der Waals surface area contributed by atoms with Crippen LogP contribution in [0.15, 0.2) is 21.7 Å². The molecule has 3 aliphatic heterocycles. The zero-order chi connectivity index (χ0) is 20.0. The second-order valence-electron chi connectivity index (χ2n) is 7.72. The first-order valence-corrected chi connectivity index (χ1v) is 9.71. The summed E-state index contributed by atoms with van der Waals surface area (Å²) < 4.78 is 19.5. The standard InChI is InChI=1S/C18H16ClN3O7/c19-9-4-11-10(27-6-28-11)3-7(9)5-20-17(25)21-2-1-8-12(22(21)18(20)26)14(24)16-15(29-16)13(8)23/h3-4,8,12,14-16,24H,1-2,5-6H2/t8-,12-,14+,15-,16-/m1/s1. The Hall–Kier alpha value is -2.56. The molecule has 6 rings (SSSR count). The van der Waals surface area contributed by atoms with Gasteiger partial charge in [0, 0.05) is 23.6 Å². The van der Waals surface area contributed by atoms with Crippen LogP contribution in [0.2, 0.25) is 5.02 Å². The summed E-state index contributed by atoms with van der Waals surface area (Å²) in [6.45, 7) is 0.231. The minimum Gasteiger partial charge on any atom is -0.454 e. The summed E-state index contributed by atoms with van der Waals surface area (Å²) in [5.74, 6) is 0.342. The Morgan fingerprint density at radius 3 is 2.69 bits per heavy atom. The first kappa shape index (κ1) is 17.3. The highest BCUT2D eigenvalue weighted by atomic mass is 35.5. The van der Waals surface area contributed by atoms with Gasteiger partial charge in [-0.05, 0) is 18.1 Å². The van der Waals surface area contributed by atoms with Gasteiger partial charge in [0.05, 0.1) is 12.6 Å². The summed E-state index contributed by atoms with van der Waals surface area (Å²) >= 11 is 6.30. The van der Waals surface area contributed by atoms with Crippen LogP contribution in [0.25, 0.3) is 0 Å². The highest BCUT2D eigenvalue weighted by molar-refractivity contribution is 6.31. The van der Waals surface area contributed by atoms with Crippen LogP contribution in [0.4, 0.5) is 0 Å². The van der Waals surface area contributed by atoms with E-state index >= 15 is 0 Å². The van der Waals surface area contributed by atoms with E-state index in [1.807, 2.05) is 0 Å². The van der Waals surface area contributed by atoms with Gasteiger partial charge >= 0.3 is 11.4 Å². The van der Waals surface area contributed by atoms with E-state index in [0.717, 1.165) is 4.57 Å². The molecule has 0 amide bonds. The van der Waals surface area contributed by atoms with Crippen molar-refractivity contribution in [2.75, 3.05) is 6.79 Å². The van der Waals surface area contributed by atoms with Crippen LogP contribution in [0.1, 0.15) is 18.0 Å². The monoisotopic (exact) mass is 421 g/mol. The number of carbonyl (C=O) groups is 1. The SMILES string of the molecule is O=C1[C@H]2O[C@@H]2[C@@H](O)[C@H]2[C@H]1CCn1c(=O)n(Cc3cc4c(cc3Cl)OCO4)c(=O)n12. The third kappa shape index (κ3) is 2.27. The van der Waals surface area contributed by atoms with E-state index in [1.165, 1.54) is 9.36 Å². The van der Waals surface area contributed by atoms with Crippen molar-refractivity contribution < 1.29 is 24.1 Å². The molecule has 2 fully saturated rings. The molecule has 0 unspecified atom stereocenters. The van der Waals surface area contributed by atoms with E-state index in [4.69, 9.17) is 25.8 Å². The van der Waals surface area contributed by atoms with E-state index in [2.05, 4.69) is 0 Å². The molecule has 1 saturated carbocycles. The van der Waals surface area contributed by atoms with Crippen molar-refractivity contribution in [3.8, 4) is 11.5 Å². The van der Waals surface area contributed by atoms with Crippen molar-refractivity contribution in [3.63, 3.8) is 0 Å². The second kappa shape index (κ2) is 5.74. The predicted octanol–water partition coefficient (Wildman–Crippen LogP) is -0.486. The summed E-state index contributed by atoms with van der Waals surface area (Å²) in [7, 11) is 0. The van der Waals surface area contributed by atoms with Crippen LogP contribution in [-0.4, -0.2) is 49.9 Å². The zero-order valence-corrected chi connectivity index (χ0v) is 15.7. The fourth-order valence-corrected chi connectivity index (χ4v) is 4.95. The molecule has 2 aromatic rings. The van der Waals surface area contributed by atoms with Crippen molar-refractivity contribution in [2.45, 2.75) is 43.9 Å². The lowest BCUT2D eigenvalue weighted by molar-refractivity contribution is -0.130. The molecular formula is C18H16ClN3O7. The summed E-state index contributed by atoms with van der Waals surface area (Å²) in [6.07, 6.45) is -1.84. The van der Waals surface area contributed by atoms with Crippen LogP contribution in [0, 0.1) is 5.92 Å². The number of ketones is 1. The first-order valence-electron chi connectivity index (χ1n) is 9.33. The molecule has 0 spiro atoms. The molecule has 4 aliphatic rings.